The van der Waals surface area contributed by atoms with Gasteiger partial charge in [-0.3, -0.25) is 0 Å². The lowest BCUT2D eigenvalue weighted by molar-refractivity contribution is -0.269. The average Bonchev–Trinajstić information content (AvgIpc) is 2.24. The summed E-state index contributed by atoms with van der Waals surface area (Å²) in [4.78, 5) is 28.4. The highest BCUT2D eigenvalue weighted by molar-refractivity contribution is 5.62. The van der Waals surface area contributed by atoms with Crippen LogP contribution in [0.4, 0.5) is 9.59 Å². The van der Waals surface area contributed by atoms with Gasteiger partial charge >= 0.3 is 12.3 Å². The van der Waals surface area contributed by atoms with Crippen LogP contribution in [0.2, 0.25) is 0 Å². The van der Waals surface area contributed by atoms with E-state index in [1.54, 1.807) is 13.8 Å². The Kier molecular flexibility index (Phi) is 6.99. The van der Waals surface area contributed by atoms with E-state index in [2.05, 4.69) is 9.78 Å². The van der Waals surface area contributed by atoms with E-state index in [0.29, 0.717) is 6.61 Å². The fraction of sp³-hybridized carbons (Fsp3) is 0.778. The second-order valence-electron chi connectivity index (χ2n) is 2.99. The van der Waals surface area contributed by atoms with E-state index in [1.165, 1.54) is 6.92 Å². The van der Waals surface area contributed by atoms with Gasteiger partial charge in [-0.25, -0.2) is 9.68 Å². The van der Waals surface area contributed by atoms with E-state index < -0.39 is 18.1 Å². The van der Waals surface area contributed by atoms with Gasteiger partial charge in [0, 0.05) is 20.1 Å². The quantitative estimate of drug-likeness (QED) is 0.329. The molecule has 100 valence electrons. The van der Waals surface area contributed by atoms with Crippen LogP contribution >= 0.6 is 0 Å². The molecule has 17 heavy (non-hydrogen) atoms. The smallest absolute Gasteiger partial charge is 0.447 e. The number of carboxylic acid groups (broad SMARTS) is 1. The van der Waals surface area contributed by atoms with E-state index in [0.717, 1.165) is 0 Å². The highest BCUT2D eigenvalue weighted by Gasteiger charge is 2.31. The van der Waals surface area contributed by atoms with E-state index in [1.807, 2.05) is 0 Å². The van der Waals surface area contributed by atoms with Crippen LogP contribution in [0.25, 0.3) is 0 Å². The molecule has 1 N–H and O–H groups in total. The summed E-state index contributed by atoms with van der Waals surface area (Å²) in [5.74, 6) is -1.36. The van der Waals surface area contributed by atoms with Gasteiger partial charge in [-0.05, 0) is 13.8 Å². The van der Waals surface area contributed by atoms with Gasteiger partial charge in [-0.15, -0.1) is 0 Å². The minimum Gasteiger partial charge on any atom is -0.447 e. The third-order valence-corrected chi connectivity index (χ3v) is 1.50. The highest BCUT2D eigenvalue weighted by Crippen LogP contribution is 2.14. The molecule has 0 fully saturated rings. The topological polar surface area (TPSA) is 101 Å². The van der Waals surface area contributed by atoms with Crippen molar-refractivity contribution in [3.63, 3.8) is 0 Å². The lowest BCUT2D eigenvalue weighted by Gasteiger charge is -2.27. The third-order valence-electron chi connectivity index (χ3n) is 1.50. The normalized spacial score (nSPS) is 13.6. The summed E-state index contributed by atoms with van der Waals surface area (Å²) in [6.07, 6.45) is -3.09. The van der Waals surface area contributed by atoms with Gasteiger partial charge in [0.15, 0.2) is 0 Å². The maximum absolute atomic E-state index is 11.0. The molecule has 1 atom stereocenters. The molecule has 8 heteroatoms. The van der Waals surface area contributed by atoms with Crippen LogP contribution in [0.1, 0.15) is 20.8 Å². The molecule has 0 aliphatic heterocycles. The highest BCUT2D eigenvalue weighted by atomic mass is 17.3. The van der Waals surface area contributed by atoms with Crippen LogP contribution in [-0.4, -0.2) is 43.0 Å². The van der Waals surface area contributed by atoms with Crippen LogP contribution < -0.4 is 0 Å². The molecule has 0 rings (SSSR count). The zero-order valence-corrected chi connectivity index (χ0v) is 9.93. The number of carbonyl (C=O) groups excluding carboxylic acids is 1. The lowest BCUT2D eigenvalue weighted by atomic mass is 10.3. The molecule has 0 amide bonds. The molecule has 0 saturated heterocycles. The third kappa shape index (κ3) is 7.36. The Hall–Kier alpha value is -1.54. The van der Waals surface area contributed by atoms with Crippen molar-refractivity contribution in [1.29, 1.82) is 0 Å². The Morgan fingerprint density at radius 2 is 1.82 bits per heavy atom. The summed E-state index contributed by atoms with van der Waals surface area (Å²) in [5, 5.41) is 8.09. The van der Waals surface area contributed by atoms with E-state index in [-0.39, 0.29) is 13.2 Å². The number of rotatable bonds is 6. The molecule has 0 aromatic heterocycles. The number of hydrogen-bond donors (Lipinski definition) is 1. The van der Waals surface area contributed by atoms with E-state index >= 15 is 0 Å². The molecule has 0 radical (unpaired) electrons. The summed E-state index contributed by atoms with van der Waals surface area (Å²) in [6.45, 7) is 5.59. The molecule has 0 aromatic rings. The predicted octanol–water partition coefficient (Wildman–Crippen LogP) is 1.54. The first-order valence-corrected chi connectivity index (χ1v) is 4.95. The number of ether oxygens (including phenoxy) is 3. The fourth-order valence-corrected chi connectivity index (χ4v) is 0.956. The Labute approximate surface area is 98.3 Å². The second-order valence-corrected chi connectivity index (χ2v) is 2.99. The van der Waals surface area contributed by atoms with Crippen molar-refractivity contribution in [2.75, 3.05) is 19.8 Å². The first kappa shape index (κ1) is 15.5. The summed E-state index contributed by atoms with van der Waals surface area (Å²) in [5.41, 5.74) is 0. The largest absolute Gasteiger partial charge is 0.552 e. The van der Waals surface area contributed by atoms with Crippen molar-refractivity contribution in [1.82, 2.24) is 0 Å². The average molecular weight is 252 g/mol. The first-order valence-electron chi connectivity index (χ1n) is 4.95. The van der Waals surface area contributed by atoms with Crippen molar-refractivity contribution in [3.8, 4) is 0 Å². The summed E-state index contributed by atoms with van der Waals surface area (Å²) >= 11 is 0. The minimum absolute atomic E-state index is 0.0144. The molecule has 0 saturated carbocycles. The van der Waals surface area contributed by atoms with Gasteiger partial charge in [0.2, 0.25) is 5.79 Å². The van der Waals surface area contributed by atoms with Crippen LogP contribution in [0.15, 0.2) is 0 Å². The summed E-state index contributed by atoms with van der Waals surface area (Å²) in [7, 11) is 0. The Balaban J connectivity index is 4.21. The van der Waals surface area contributed by atoms with Crippen molar-refractivity contribution in [2.24, 2.45) is 0 Å². The van der Waals surface area contributed by atoms with Crippen molar-refractivity contribution in [3.05, 3.63) is 0 Å². The Morgan fingerprint density at radius 3 is 2.29 bits per heavy atom. The molecule has 8 nitrogen and oxygen atoms in total. The maximum atomic E-state index is 11.0. The number of carbonyl (C=O) groups is 2. The van der Waals surface area contributed by atoms with E-state index in [4.69, 9.17) is 19.3 Å². The van der Waals surface area contributed by atoms with Crippen LogP contribution in [0.5, 0.6) is 0 Å². The van der Waals surface area contributed by atoms with Gasteiger partial charge in [0.05, 0.1) is 0 Å². The molecule has 0 bridgehead atoms. The summed E-state index contributed by atoms with van der Waals surface area (Å²) in [6, 6.07) is 0. The molecule has 0 heterocycles. The standard InChI is InChI=1S/C9H16O8/c1-4-13-6-9(3,14-5-2)15-8(12)17-16-7(10)11/h4-6H2,1-3H3,(H,10,11). The van der Waals surface area contributed by atoms with Crippen molar-refractivity contribution in [2.45, 2.75) is 26.6 Å². The van der Waals surface area contributed by atoms with Crippen molar-refractivity contribution < 1.29 is 38.7 Å². The lowest BCUT2D eigenvalue weighted by Crippen LogP contribution is -2.40. The van der Waals surface area contributed by atoms with Crippen molar-refractivity contribution >= 4 is 12.3 Å². The zero-order chi connectivity index (χ0) is 13.3. The monoisotopic (exact) mass is 252 g/mol. The van der Waals surface area contributed by atoms with Gasteiger partial charge < -0.3 is 19.3 Å². The molecule has 0 aromatic carbocycles. The summed E-state index contributed by atoms with van der Waals surface area (Å²) < 4.78 is 15.0. The van der Waals surface area contributed by atoms with Gasteiger partial charge in [-0.1, -0.05) is 0 Å². The van der Waals surface area contributed by atoms with E-state index in [9.17, 15) is 9.59 Å². The minimum atomic E-state index is -1.76. The predicted molar refractivity (Wildman–Crippen MR) is 53.2 cm³/mol. The van der Waals surface area contributed by atoms with Crippen LogP contribution in [0.3, 0.4) is 0 Å². The Morgan fingerprint density at radius 1 is 1.18 bits per heavy atom. The van der Waals surface area contributed by atoms with Gasteiger partial charge in [-0.2, -0.15) is 9.68 Å². The molecule has 0 aliphatic rings. The van der Waals surface area contributed by atoms with Gasteiger partial charge in [0.25, 0.3) is 0 Å². The van der Waals surface area contributed by atoms with Gasteiger partial charge in [0.1, 0.15) is 6.61 Å². The molecule has 1 unspecified atom stereocenters. The SMILES string of the molecule is CCOCC(C)(OCC)OC(=O)OOC(=O)O. The zero-order valence-electron chi connectivity index (χ0n) is 9.93. The first-order chi connectivity index (χ1) is 7.93. The maximum Gasteiger partial charge on any atom is 0.552 e. The van der Waals surface area contributed by atoms with Crippen LogP contribution in [-0.2, 0) is 24.0 Å². The molecular weight excluding hydrogens is 236 g/mol. The molecular formula is C9H16O8. The molecule has 0 spiro atoms. The number of hydrogen-bond acceptors (Lipinski definition) is 7. The molecule has 0 aliphatic carbocycles. The van der Waals surface area contributed by atoms with Crippen LogP contribution in [0, 0.1) is 0 Å². The Bertz CT molecular complexity index is 253. The fourth-order valence-electron chi connectivity index (χ4n) is 0.956. The second kappa shape index (κ2) is 7.69.